The van der Waals surface area contributed by atoms with Gasteiger partial charge in [0, 0.05) is 6.54 Å². The summed E-state index contributed by atoms with van der Waals surface area (Å²) in [6.45, 7) is 1.72. The largest absolute Gasteiger partial charge is 0.459 e. The van der Waals surface area contributed by atoms with E-state index in [1.54, 1.807) is 13.8 Å². The molecule has 2 N–H and O–H groups in total. The first-order chi connectivity index (χ1) is 10.7. The first-order valence-corrected chi connectivity index (χ1v) is 6.97. The zero-order valence-corrected chi connectivity index (χ0v) is 12.8. The van der Waals surface area contributed by atoms with Crippen molar-refractivity contribution in [2.24, 2.45) is 5.92 Å². The number of ether oxygens (including phenoxy) is 1. The number of nitrogens with one attached hydrogen (secondary N) is 2. The maximum Gasteiger partial charge on any atom is 0.411 e. The molecule has 0 saturated carbocycles. The lowest BCUT2D eigenvalue weighted by molar-refractivity contribution is -0.173. The van der Waals surface area contributed by atoms with Crippen molar-refractivity contribution >= 4 is 11.8 Å². The van der Waals surface area contributed by atoms with E-state index in [1.165, 1.54) is 18.4 Å². The summed E-state index contributed by atoms with van der Waals surface area (Å²) in [6, 6.07) is 2.16. The van der Waals surface area contributed by atoms with Gasteiger partial charge in [-0.2, -0.15) is 13.2 Å². The van der Waals surface area contributed by atoms with Crippen molar-refractivity contribution in [3.05, 3.63) is 24.2 Å². The van der Waals surface area contributed by atoms with Crippen molar-refractivity contribution in [3.8, 4) is 0 Å². The third kappa shape index (κ3) is 7.18. The Kier molecular flexibility index (Phi) is 7.08. The second-order valence-corrected chi connectivity index (χ2v) is 5.13. The molecule has 23 heavy (non-hydrogen) atoms. The molecule has 0 radical (unpaired) electrons. The molecule has 1 aromatic heterocycles. The van der Waals surface area contributed by atoms with Crippen molar-refractivity contribution in [2.45, 2.75) is 26.1 Å². The monoisotopic (exact) mass is 336 g/mol. The molecule has 0 aliphatic heterocycles. The van der Waals surface area contributed by atoms with Crippen molar-refractivity contribution in [1.29, 1.82) is 0 Å². The number of carbonyl (C=O) groups is 2. The Morgan fingerprint density at radius 1 is 1.35 bits per heavy atom. The van der Waals surface area contributed by atoms with E-state index in [1.807, 2.05) is 0 Å². The Morgan fingerprint density at radius 2 is 2.04 bits per heavy atom. The highest BCUT2D eigenvalue weighted by atomic mass is 19.4. The molecule has 2 amide bonds. The van der Waals surface area contributed by atoms with E-state index in [2.05, 4.69) is 15.4 Å². The lowest BCUT2D eigenvalue weighted by Gasteiger charge is -2.21. The number of halogens is 3. The minimum atomic E-state index is -4.40. The second-order valence-electron chi connectivity index (χ2n) is 5.13. The SMILES string of the molecule is CC(C)C(NC(=O)c1ccco1)C(=O)NCCOCC(F)(F)F. The molecule has 0 bridgehead atoms. The van der Waals surface area contributed by atoms with Gasteiger partial charge in [0.25, 0.3) is 5.91 Å². The normalized spacial score (nSPS) is 13.0. The minimum absolute atomic E-state index is 0.0666. The van der Waals surface area contributed by atoms with Gasteiger partial charge in [0.2, 0.25) is 5.91 Å². The van der Waals surface area contributed by atoms with Gasteiger partial charge in [-0.3, -0.25) is 9.59 Å². The van der Waals surface area contributed by atoms with Crippen molar-refractivity contribution in [3.63, 3.8) is 0 Å². The number of amides is 2. The molecular formula is C14H19F3N2O4. The Morgan fingerprint density at radius 3 is 2.57 bits per heavy atom. The number of carbonyl (C=O) groups excluding carboxylic acids is 2. The van der Waals surface area contributed by atoms with Crippen LogP contribution in [0.25, 0.3) is 0 Å². The zero-order valence-electron chi connectivity index (χ0n) is 12.8. The molecule has 1 aromatic rings. The molecule has 1 atom stereocenters. The van der Waals surface area contributed by atoms with Crippen molar-refractivity contribution in [2.75, 3.05) is 19.8 Å². The quantitative estimate of drug-likeness (QED) is 0.709. The van der Waals surface area contributed by atoms with Gasteiger partial charge in [-0.05, 0) is 18.1 Å². The second kappa shape index (κ2) is 8.56. The van der Waals surface area contributed by atoms with Crippen molar-refractivity contribution < 1.29 is 31.9 Å². The first-order valence-electron chi connectivity index (χ1n) is 6.97. The van der Waals surface area contributed by atoms with E-state index in [-0.39, 0.29) is 24.8 Å². The zero-order chi connectivity index (χ0) is 17.5. The summed E-state index contributed by atoms with van der Waals surface area (Å²) in [5.41, 5.74) is 0. The van der Waals surface area contributed by atoms with Crippen LogP contribution in [0.4, 0.5) is 13.2 Å². The van der Waals surface area contributed by atoms with Gasteiger partial charge in [-0.1, -0.05) is 13.8 Å². The Bertz CT molecular complexity index is 501. The molecule has 1 unspecified atom stereocenters. The lowest BCUT2D eigenvalue weighted by atomic mass is 10.0. The van der Waals surface area contributed by atoms with Crippen LogP contribution >= 0.6 is 0 Å². The molecule has 0 aromatic carbocycles. The molecule has 0 aliphatic carbocycles. The highest BCUT2D eigenvalue weighted by molar-refractivity contribution is 5.95. The summed E-state index contributed by atoms with van der Waals surface area (Å²) in [5.74, 6) is -1.20. The summed E-state index contributed by atoms with van der Waals surface area (Å²) in [7, 11) is 0. The van der Waals surface area contributed by atoms with Gasteiger partial charge in [-0.25, -0.2) is 0 Å². The topological polar surface area (TPSA) is 80.6 Å². The predicted octanol–water partition coefficient (Wildman–Crippen LogP) is 1.73. The van der Waals surface area contributed by atoms with Crippen LogP contribution in [0.15, 0.2) is 22.8 Å². The van der Waals surface area contributed by atoms with E-state index < -0.39 is 30.6 Å². The van der Waals surface area contributed by atoms with Gasteiger partial charge in [0.05, 0.1) is 12.9 Å². The molecule has 1 heterocycles. The fourth-order valence-electron chi connectivity index (χ4n) is 1.70. The van der Waals surface area contributed by atoms with Gasteiger partial charge >= 0.3 is 6.18 Å². The molecule has 6 nitrogen and oxygen atoms in total. The van der Waals surface area contributed by atoms with E-state index >= 15 is 0 Å². The molecule has 130 valence electrons. The highest BCUT2D eigenvalue weighted by Crippen LogP contribution is 2.14. The Balaban J connectivity index is 2.41. The number of hydrogen-bond donors (Lipinski definition) is 2. The molecule has 1 rings (SSSR count). The minimum Gasteiger partial charge on any atom is -0.459 e. The summed E-state index contributed by atoms with van der Waals surface area (Å²) >= 11 is 0. The fourth-order valence-corrected chi connectivity index (χ4v) is 1.70. The predicted molar refractivity (Wildman–Crippen MR) is 74.7 cm³/mol. The van der Waals surface area contributed by atoms with Gasteiger partial charge in [0.15, 0.2) is 5.76 Å². The van der Waals surface area contributed by atoms with Crippen LogP contribution < -0.4 is 10.6 Å². The molecule has 0 saturated heterocycles. The summed E-state index contributed by atoms with van der Waals surface area (Å²) < 4.78 is 45.0. The van der Waals surface area contributed by atoms with Crippen LogP contribution in [-0.2, 0) is 9.53 Å². The van der Waals surface area contributed by atoms with Crippen LogP contribution in [0, 0.1) is 5.92 Å². The van der Waals surface area contributed by atoms with E-state index in [9.17, 15) is 22.8 Å². The number of furan rings is 1. The molecular weight excluding hydrogens is 317 g/mol. The van der Waals surface area contributed by atoms with Gasteiger partial charge in [-0.15, -0.1) is 0 Å². The van der Waals surface area contributed by atoms with Gasteiger partial charge < -0.3 is 19.8 Å². The summed E-state index contributed by atoms with van der Waals surface area (Å²) in [4.78, 5) is 23.9. The summed E-state index contributed by atoms with van der Waals surface area (Å²) in [6.07, 6.45) is -3.07. The highest BCUT2D eigenvalue weighted by Gasteiger charge is 2.28. The van der Waals surface area contributed by atoms with Crippen LogP contribution in [0.3, 0.4) is 0 Å². The third-order valence-electron chi connectivity index (χ3n) is 2.79. The Hall–Kier alpha value is -2.03. The fraction of sp³-hybridized carbons (Fsp3) is 0.571. The average Bonchev–Trinajstić information content (AvgIpc) is 2.96. The summed E-state index contributed by atoms with van der Waals surface area (Å²) in [5, 5.41) is 4.94. The maximum atomic E-state index is 12.0. The first kappa shape index (κ1) is 19.0. The standard InChI is InChI=1S/C14H19F3N2O4/c1-9(2)11(19-12(20)10-4-3-6-23-10)13(21)18-5-7-22-8-14(15,16)17/h3-4,6,9,11H,5,7-8H2,1-2H3,(H,18,21)(H,19,20). The van der Waals surface area contributed by atoms with E-state index in [4.69, 9.17) is 4.42 Å². The van der Waals surface area contributed by atoms with Crippen LogP contribution in [0.5, 0.6) is 0 Å². The molecule has 0 aliphatic rings. The number of hydrogen-bond acceptors (Lipinski definition) is 4. The maximum absolute atomic E-state index is 12.0. The van der Waals surface area contributed by atoms with Crippen molar-refractivity contribution in [1.82, 2.24) is 10.6 Å². The Labute approximate surface area is 131 Å². The van der Waals surface area contributed by atoms with Gasteiger partial charge in [0.1, 0.15) is 12.6 Å². The van der Waals surface area contributed by atoms with Crippen LogP contribution in [0.2, 0.25) is 0 Å². The molecule has 9 heteroatoms. The van der Waals surface area contributed by atoms with E-state index in [0.29, 0.717) is 0 Å². The van der Waals surface area contributed by atoms with Crippen LogP contribution in [0.1, 0.15) is 24.4 Å². The lowest BCUT2D eigenvalue weighted by Crippen LogP contribution is -2.50. The molecule has 0 spiro atoms. The average molecular weight is 336 g/mol. The molecule has 0 fully saturated rings. The number of alkyl halides is 3. The number of rotatable bonds is 8. The third-order valence-corrected chi connectivity index (χ3v) is 2.79. The van der Waals surface area contributed by atoms with Crippen LogP contribution in [-0.4, -0.2) is 43.8 Å². The smallest absolute Gasteiger partial charge is 0.411 e. The van der Waals surface area contributed by atoms with E-state index in [0.717, 1.165) is 0 Å².